The topological polar surface area (TPSA) is 58.6 Å². The monoisotopic (exact) mass is 270 g/mol. The fourth-order valence-electron chi connectivity index (χ4n) is 1.38. The van der Waals surface area contributed by atoms with E-state index in [1.54, 1.807) is 33.2 Å². The molecule has 1 aromatic rings. The molecule has 1 N–H and O–H groups in total. The Morgan fingerprint density at radius 3 is 2.44 bits per heavy atom. The summed E-state index contributed by atoms with van der Waals surface area (Å²) in [6, 6.07) is 2.79. The van der Waals surface area contributed by atoms with Crippen molar-refractivity contribution in [3.05, 3.63) is 28.3 Å². The van der Waals surface area contributed by atoms with Crippen molar-refractivity contribution < 1.29 is 14.3 Å². The highest BCUT2D eigenvalue weighted by Crippen LogP contribution is 2.29. The van der Waals surface area contributed by atoms with Crippen molar-refractivity contribution in [2.24, 2.45) is 0 Å². The number of ether oxygens (including phenoxy) is 1. The van der Waals surface area contributed by atoms with E-state index < -0.39 is 5.97 Å². The van der Waals surface area contributed by atoms with Crippen LogP contribution >= 0.6 is 11.6 Å². The number of hydrogen-bond acceptors (Lipinski definition) is 3. The number of methoxy groups -OCH3 is 1. The Labute approximate surface area is 111 Å². The molecule has 0 fully saturated rings. The number of amides is 2. The van der Waals surface area contributed by atoms with Crippen LogP contribution < -0.4 is 5.32 Å². The van der Waals surface area contributed by atoms with Gasteiger partial charge in [-0.15, -0.1) is 0 Å². The van der Waals surface area contributed by atoms with Crippen molar-refractivity contribution in [1.82, 2.24) is 4.90 Å². The van der Waals surface area contributed by atoms with Crippen LogP contribution in [-0.4, -0.2) is 38.1 Å². The van der Waals surface area contributed by atoms with Gasteiger partial charge >= 0.3 is 12.0 Å². The van der Waals surface area contributed by atoms with Crippen LogP contribution in [0.1, 0.15) is 15.9 Å². The Morgan fingerprint density at radius 1 is 1.33 bits per heavy atom. The van der Waals surface area contributed by atoms with Gasteiger partial charge in [-0.3, -0.25) is 0 Å². The van der Waals surface area contributed by atoms with Gasteiger partial charge in [-0.05, 0) is 24.6 Å². The average molecular weight is 271 g/mol. The summed E-state index contributed by atoms with van der Waals surface area (Å²) in [4.78, 5) is 24.5. The molecule has 98 valence electrons. The summed E-state index contributed by atoms with van der Waals surface area (Å²) in [7, 11) is 4.53. The average Bonchev–Trinajstić information content (AvgIpc) is 2.33. The van der Waals surface area contributed by atoms with E-state index in [2.05, 4.69) is 10.1 Å². The van der Waals surface area contributed by atoms with E-state index in [4.69, 9.17) is 11.6 Å². The molecule has 18 heavy (non-hydrogen) atoms. The molecular formula is C12H15ClN2O3. The predicted molar refractivity (Wildman–Crippen MR) is 70.2 cm³/mol. The molecule has 0 aliphatic rings. The Morgan fingerprint density at radius 2 is 1.94 bits per heavy atom. The van der Waals surface area contributed by atoms with Gasteiger partial charge in [-0.1, -0.05) is 11.6 Å². The number of carbonyl (C=O) groups excluding carboxylic acids is 2. The summed E-state index contributed by atoms with van der Waals surface area (Å²) in [5.74, 6) is -0.468. The second kappa shape index (κ2) is 5.73. The highest BCUT2D eigenvalue weighted by Gasteiger charge is 2.17. The molecule has 0 saturated carbocycles. The highest BCUT2D eigenvalue weighted by molar-refractivity contribution is 6.34. The molecule has 0 spiro atoms. The van der Waals surface area contributed by atoms with Crippen molar-refractivity contribution >= 4 is 29.3 Å². The molecule has 2 amide bonds. The van der Waals surface area contributed by atoms with Crippen molar-refractivity contribution in [2.45, 2.75) is 6.92 Å². The molecule has 5 nitrogen and oxygen atoms in total. The van der Waals surface area contributed by atoms with Crippen LogP contribution in [-0.2, 0) is 4.74 Å². The number of anilines is 1. The van der Waals surface area contributed by atoms with E-state index in [0.717, 1.165) is 0 Å². The molecule has 1 aromatic carbocycles. The third-order valence-electron chi connectivity index (χ3n) is 2.46. The molecule has 0 atom stereocenters. The lowest BCUT2D eigenvalue weighted by molar-refractivity contribution is 0.0600. The molecular weight excluding hydrogens is 256 g/mol. The number of urea groups is 1. The molecule has 0 aromatic heterocycles. The summed E-state index contributed by atoms with van der Waals surface area (Å²) >= 11 is 6.01. The van der Waals surface area contributed by atoms with Gasteiger partial charge in [0.25, 0.3) is 0 Å². The van der Waals surface area contributed by atoms with Gasteiger partial charge in [0.15, 0.2) is 0 Å². The maximum atomic E-state index is 11.6. The highest BCUT2D eigenvalue weighted by atomic mass is 35.5. The van der Waals surface area contributed by atoms with E-state index in [1.165, 1.54) is 12.0 Å². The molecule has 0 bridgehead atoms. The number of carbonyl (C=O) groups is 2. The smallest absolute Gasteiger partial charge is 0.338 e. The molecule has 0 saturated heterocycles. The number of esters is 1. The predicted octanol–water partition coefficient (Wildman–Crippen LogP) is 2.53. The summed E-state index contributed by atoms with van der Waals surface area (Å²) in [6.07, 6.45) is 0. The zero-order chi connectivity index (χ0) is 13.9. The molecule has 6 heteroatoms. The van der Waals surface area contributed by atoms with Crippen molar-refractivity contribution in [3.63, 3.8) is 0 Å². The Balaban J connectivity index is 3.18. The first-order chi connectivity index (χ1) is 8.38. The van der Waals surface area contributed by atoms with Crippen LogP contribution in [0.15, 0.2) is 12.1 Å². The van der Waals surface area contributed by atoms with Gasteiger partial charge in [0.2, 0.25) is 0 Å². The number of nitrogens with zero attached hydrogens (tertiary/aromatic N) is 1. The van der Waals surface area contributed by atoms with Crippen LogP contribution in [0.5, 0.6) is 0 Å². The standard InChI is InChI=1S/C12H15ClN2O3/c1-7-8(11(16)18-4)5-6-9(13)10(7)14-12(17)15(2)3/h5-6H,1-4H3,(H,14,17). The molecule has 0 heterocycles. The molecule has 0 aliphatic heterocycles. The number of hydrogen-bond donors (Lipinski definition) is 1. The fourth-order valence-corrected chi connectivity index (χ4v) is 1.63. The molecule has 0 unspecified atom stereocenters. The van der Waals surface area contributed by atoms with Gasteiger partial charge in [-0.2, -0.15) is 0 Å². The summed E-state index contributed by atoms with van der Waals surface area (Å²) in [6.45, 7) is 1.70. The van der Waals surface area contributed by atoms with E-state index in [9.17, 15) is 9.59 Å². The largest absolute Gasteiger partial charge is 0.465 e. The van der Waals surface area contributed by atoms with Crippen LogP contribution in [0.2, 0.25) is 5.02 Å². The van der Waals surface area contributed by atoms with Crippen LogP contribution in [0.25, 0.3) is 0 Å². The number of nitrogens with one attached hydrogen (secondary N) is 1. The van der Waals surface area contributed by atoms with E-state index in [0.29, 0.717) is 21.8 Å². The zero-order valence-electron chi connectivity index (χ0n) is 10.7. The minimum atomic E-state index is -0.468. The van der Waals surface area contributed by atoms with Crippen LogP contribution in [0.3, 0.4) is 0 Å². The maximum absolute atomic E-state index is 11.6. The van der Waals surface area contributed by atoms with Gasteiger partial charge in [0, 0.05) is 14.1 Å². The zero-order valence-corrected chi connectivity index (χ0v) is 11.5. The van der Waals surface area contributed by atoms with Crippen molar-refractivity contribution in [1.29, 1.82) is 0 Å². The SMILES string of the molecule is COC(=O)c1ccc(Cl)c(NC(=O)N(C)C)c1C. The van der Waals surface area contributed by atoms with E-state index in [1.807, 2.05) is 0 Å². The van der Waals surface area contributed by atoms with Crippen LogP contribution in [0.4, 0.5) is 10.5 Å². The molecule has 0 aliphatic carbocycles. The summed E-state index contributed by atoms with van der Waals surface area (Å²) in [5.41, 5.74) is 1.36. The summed E-state index contributed by atoms with van der Waals surface area (Å²) in [5, 5.41) is 3.02. The molecule has 0 radical (unpaired) electrons. The molecule has 1 rings (SSSR count). The first-order valence-corrected chi connectivity index (χ1v) is 5.62. The Kier molecular flexibility index (Phi) is 4.55. The first-order valence-electron chi connectivity index (χ1n) is 5.24. The normalized spacial score (nSPS) is 9.83. The number of benzene rings is 1. The number of halogens is 1. The summed E-state index contributed by atoms with van der Waals surface area (Å²) < 4.78 is 4.66. The third-order valence-corrected chi connectivity index (χ3v) is 2.77. The minimum Gasteiger partial charge on any atom is -0.465 e. The van der Waals surface area contributed by atoms with Crippen LogP contribution in [0, 0.1) is 6.92 Å². The Hall–Kier alpha value is -1.75. The minimum absolute atomic E-state index is 0.318. The maximum Gasteiger partial charge on any atom is 0.338 e. The van der Waals surface area contributed by atoms with Gasteiger partial charge in [-0.25, -0.2) is 9.59 Å². The quantitative estimate of drug-likeness (QED) is 0.840. The van der Waals surface area contributed by atoms with E-state index in [-0.39, 0.29) is 6.03 Å². The second-order valence-electron chi connectivity index (χ2n) is 3.91. The van der Waals surface area contributed by atoms with Gasteiger partial charge < -0.3 is 15.0 Å². The fraction of sp³-hybridized carbons (Fsp3) is 0.333. The lowest BCUT2D eigenvalue weighted by Gasteiger charge is -2.16. The lowest BCUT2D eigenvalue weighted by atomic mass is 10.1. The number of rotatable bonds is 2. The first kappa shape index (κ1) is 14.3. The van der Waals surface area contributed by atoms with Crippen molar-refractivity contribution in [2.75, 3.05) is 26.5 Å². The Bertz CT molecular complexity index is 486. The second-order valence-corrected chi connectivity index (χ2v) is 4.32. The lowest BCUT2D eigenvalue weighted by Crippen LogP contribution is -2.28. The van der Waals surface area contributed by atoms with Crippen molar-refractivity contribution in [3.8, 4) is 0 Å². The van der Waals surface area contributed by atoms with Gasteiger partial charge in [0.05, 0.1) is 23.4 Å². The van der Waals surface area contributed by atoms with E-state index >= 15 is 0 Å². The van der Waals surface area contributed by atoms with Gasteiger partial charge in [0.1, 0.15) is 0 Å². The third kappa shape index (κ3) is 2.92.